The van der Waals surface area contributed by atoms with Gasteiger partial charge in [-0.3, -0.25) is 4.79 Å². The summed E-state index contributed by atoms with van der Waals surface area (Å²) < 4.78 is 5.16. The van der Waals surface area contributed by atoms with Gasteiger partial charge in [0.1, 0.15) is 5.75 Å². The fourth-order valence-electron chi connectivity index (χ4n) is 2.14. The SMILES string of the molecule is COc1ccc(C2(CNC(=O)C(C)(C)N)CC2)cc1. The molecule has 104 valence electrons. The summed E-state index contributed by atoms with van der Waals surface area (Å²) in [5.41, 5.74) is 6.30. The Morgan fingerprint density at radius 1 is 1.37 bits per heavy atom. The van der Waals surface area contributed by atoms with Crippen molar-refractivity contribution in [3.63, 3.8) is 0 Å². The van der Waals surface area contributed by atoms with E-state index in [2.05, 4.69) is 17.4 Å². The van der Waals surface area contributed by atoms with Crippen LogP contribution in [-0.4, -0.2) is 25.1 Å². The minimum Gasteiger partial charge on any atom is -0.497 e. The first-order chi connectivity index (χ1) is 8.87. The highest BCUT2D eigenvalue weighted by Crippen LogP contribution is 2.47. The van der Waals surface area contributed by atoms with Gasteiger partial charge in [0.2, 0.25) is 5.91 Å². The van der Waals surface area contributed by atoms with Gasteiger partial charge in [-0.2, -0.15) is 0 Å². The molecule has 1 aliphatic carbocycles. The van der Waals surface area contributed by atoms with E-state index in [1.54, 1.807) is 21.0 Å². The zero-order valence-electron chi connectivity index (χ0n) is 11.8. The van der Waals surface area contributed by atoms with Gasteiger partial charge in [0.15, 0.2) is 0 Å². The van der Waals surface area contributed by atoms with Crippen LogP contribution >= 0.6 is 0 Å². The first-order valence-corrected chi connectivity index (χ1v) is 6.59. The summed E-state index contributed by atoms with van der Waals surface area (Å²) >= 11 is 0. The lowest BCUT2D eigenvalue weighted by Crippen LogP contribution is -2.50. The molecule has 3 N–H and O–H groups in total. The van der Waals surface area contributed by atoms with Gasteiger partial charge in [-0.1, -0.05) is 12.1 Å². The monoisotopic (exact) mass is 262 g/mol. The van der Waals surface area contributed by atoms with Crippen molar-refractivity contribution < 1.29 is 9.53 Å². The number of amides is 1. The normalized spacial score (nSPS) is 16.8. The Labute approximate surface area is 114 Å². The zero-order chi connectivity index (χ0) is 14.1. The number of hydrogen-bond acceptors (Lipinski definition) is 3. The largest absolute Gasteiger partial charge is 0.497 e. The summed E-state index contributed by atoms with van der Waals surface area (Å²) in [6, 6.07) is 8.07. The average molecular weight is 262 g/mol. The molecular formula is C15H22N2O2. The van der Waals surface area contributed by atoms with Crippen LogP contribution in [0.5, 0.6) is 5.75 Å². The van der Waals surface area contributed by atoms with Crippen LogP contribution in [0.2, 0.25) is 0 Å². The molecule has 4 heteroatoms. The predicted octanol–water partition coefficient (Wildman–Crippen LogP) is 1.58. The topological polar surface area (TPSA) is 64.3 Å². The Morgan fingerprint density at radius 3 is 2.37 bits per heavy atom. The van der Waals surface area contributed by atoms with E-state index >= 15 is 0 Å². The molecular weight excluding hydrogens is 240 g/mol. The molecule has 0 radical (unpaired) electrons. The van der Waals surface area contributed by atoms with E-state index in [0.29, 0.717) is 6.54 Å². The number of nitrogens with two attached hydrogens (primary N) is 1. The molecule has 1 saturated carbocycles. The van der Waals surface area contributed by atoms with Gasteiger partial charge in [0, 0.05) is 12.0 Å². The Kier molecular flexibility index (Phi) is 3.54. The fourth-order valence-corrected chi connectivity index (χ4v) is 2.14. The van der Waals surface area contributed by atoms with Crippen molar-refractivity contribution >= 4 is 5.91 Å². The van der Waals surface area contributed by atoms with Crippen LogP contribution in [0.15, 0.2) is 24.3 Å². The molecule has 1 aliphatic rings. The van der Waals surface area contributed by atoms with Gasteiger partial charge in [-0.25, -0.2) is 0 Å². The Hall–Kier alpha value is -1.55. The summed E-state index contributed by atoms with van der Waals surface area (Å²) in [4.78, 5) is 11.8. The summed E-state index contributed by atoms with van der Waals surface area (Å²) in [5, 5.41) is 2.96. The fraction of sp³-hybridized carbons (Fsp3) is 0.533. The Bertz CT molecular complexity index is 456. The Morgan fingerprint density at radius 2 is 1.95 bits per heavy atom. The van der Waals surface area contributed by atoms with Crippen LogP contribution < -0.4 is 15.8 Å². The Balaban J connectivity index is 2.01. The molecule has 19 heavy (non-hydrogen) atoms. The van der Waals surface area contributed by atoms with Crippen molar-refractivity contribution in [2.45, 2.75) is 37.6 Å². The number of carbonyl (C=O) groups excluding carboxylic acids is 1. The average Bonchev–Trinajstić information content (AvgIpc) is 3.16. The number of ether oxygens (including phenoxy) is 1. The molecule has 0 aromatic heterocycles. The van der Waals surface area contributed by atoms with Gasteiger partial charge < -0.3 is 15.8 Å². The molecule has 1 aromatic carbocycles. The molecule has 0 aliphatic heterocycles. The maximum atomic E-state index is 11.8. The molecule has 0 heterocycles. The van der Waals surface area contributed by atoms with E-state index in [1.165, 1.54) is 5.56 Å². The summed E-state index contributed by atoms with van der Waals surface area (Å²) in [6.45, 7) is 4.09. The maximum absolute atomic E-state index is 11.8. The third kappa shape index (κ3) is 3.07. The van der Waals surface area contributed by atoms with Gasteiger partial charge in [-0.05, 0) is 44.4 Å². The quantitative estimate of drug-likeness (QED) is 0.846. The van der Waals surface area contributed by atoms with E-state index < -0.39 is 5.54 Å². The molecule has 0 saturated heterocycles. The van der Waals surface area contributed by atoms with E-state index in [4.69, 9.17) is 10.5 Å². The second kappa shape index (κ2) is 4.85. The first kappa shape index (κ1) is 13.9. The van der Waals surface area contributed by atoms with Gasteiger partial charge >= 0.3 is 0 Å². The summed E-state index contributed by atoms with van der Waals surface area (Å²) in [5.74, 6) is 0.749. The zero-order valence-corrected chi connectivity index (χ0v) is 11.8. The van der Waals surface area contributed by atoms with Gasteiger partial charge in [0.05, 0.1) is 12.6 Å². The molecule has 0 atom stereocenters. The number of hydrogen-bond donors (Lipinski definition) is 2. The van der Waals surface area contributed by atoms with Crippen LogP contribution in [0.4, 0.5) is 0 Å². The lowest BCUT2D eigenvalue weighted by Gasteiger charge is -2.22. The second-order valence-electron chi connectivity index (χ2n) is 5.91. The van der Waals surface area contributed by atoms with Crippen LogP contribution in [0.1, 0.15) is 32.3 Å². The third-order valence-electron chi connectivity index (χ3n) is 3.73. The van der Waals surface area contributed by atoms with Crippen LogP contribution in [-0.2, 0) is 10.2 Å². The lowest BCUT2D eigenvalue weighted by atomic mass is 9.95. The van der Waals surface area contributed by atoms with Crippen LogP contribution in [0.25, 0.3) is 0 Å². The van der Waals surface area contributed by atoms with Crippen molar-refractivity contribution in [2.75, 3.05) is 13.7 Å². The van der Waals surface area contributed by atoms with Crippen molar-refractivity contribution in [3.05, 3.63) is 29.8 Å². The van der Waals surface area contributed by atoms with E-state index in [0.717, 1.165) is 18.6 Å². The van der Waals surface area contributed by atoms with E-state index in [9.17, 15) is 4.79 Å². The molecule has 1 amide bonds. The third-order valence-corrected chi connectivity index (χ3v) is 3.73. The number of nitrogens with one attached hydrogen (secondary N) is 1. The molecule has 4 nitrogen and oxygen atoms in total. The number of carbonyl (C=O) groups is 1. The number of methoxy groups -OCH3 is 1. The lowest BCUT2D eigenvalue weighted by molar-refractivity contribution is -0.125. The molecule has 0 unspecified atom stereocenters. The number of rotatable bonds is 5. The maximum Gasteiger partial charge on any atom is 0.239 e. The predicted molar refractivity (Wildman–Crippen MR) is 75.2 cm³/mol. The molecule has 2 rings (SSSR count). The minimum absolute atomic E-state index is 0.0905. The minimum atomic E-state index is -0.823. The van der Waals surface area contributed by atoms with Gasteiger partial charge in [0.25, 0.3) is 0 Å². The van der Waals surface area contributed by atoms with Crippen molar-refractivity contribution in [1.82, 2.24) is 5.32 Å². The van der Waals surface area contributed by atoms with Crippen molar-refractivity contribution in [2.24, 2.45) is 5.73 Å². The number of benzene rings is 1. The van der Waals surface area contributed by atoms with Gasteiger partial charge in [-0.15, -0.1) is 0 Å². The van der Waals surface area contributed by atoms with Crippen molar-refractivity contribution in [1.29, 1.82) is 0 Å². The molecule has 1 aromatic rings. The second-order valence-corrected chi connectivity index (χ2v) is 5.91. The van der Waals surface area contributed by atoms with Crippen LogP contribution in [0, 0.1) is 0 Å². The highest BCUT2D eigenvalue weighted by molar-refractivity contribution is 5.85. The molecule has 0 bridgehead atoms. The molecule has 0 spiro atoms. The van der Waals surface area contributed by atoms with Crippen molar-refractivity contribution in [3.8, 4) is 5.75 Å². The smallest absolute Gasteiger partial charge is 0.239 e. The molecule has 1 fully saturated rings. The summed E-state index contributed by atoms with van der Waals surface area (Å²) in [6.07, 6.45) is 2.20. The standard InChI is InChI=1S/C15H22N2O2/c1-14(2,16)13(18)17-10-15(8-9-15)11-4-6-12(19-3)7-5-11/h4-7H,8-10,16H2,1-3H3,(H,17,18). The van der Waals surface area contributed by atoms with E-state index in [1.807, 2.05) is 12.1 Å². The van der Waals surface area contributed by atoms with Crippen LogP contribution in [0.3, 0.4) is 0 Å². The van der Waals surface area contributed by atoms with E-state index in [-0.39, 0.29) is 11.3 Å². The highest BCUT2D eigenvalue weighted by atomic mass is 16.5. The highest BCUT2D eigenvalue weighted by Gasteiger charge is 2.44. The first-order valence-electron chi connectivity index (χ1n) is 6.59. The summed E-state index contributed by atoms with van der Waals surface area (Å²) in [7, 11) is 1.66.